The average Bonchev–Trinajstić information content (AvgIpc) is 2.60. The molecular weight excluding hydrogens is 310 g/mol. The van der Waals surface area contributed by atoms with Crippen molar-refractivity contribution in [3.63, 3.8) is 0 Å². The first-order valence-electron chi connectivity index (χ1n) is 11.0. The van der Waals surface area contributed by atoms with Crippen LogP contribution in [0.4, 0.5) is 0 Å². The number of allylic oxidation sites excluding steroid dienone is 2. The Labute approximate surface area is 157 Å². The largest absolute Gasteiger partial charge is 0.367 e. The molecule has 0 rings (SSSR count). The number of hydrogen-bond acceptors (Lipinski definition) is 3. The summed E-state index contributed by atoms with van der Waals surface area (Å²) in [5.74, 6) is 0. The second-order valence-electron chi connectivity index (χ2n) is 7.33. The van der Waals surface area contributed by atoms with E-state index in [-0.39, 0.29) is 6.54 Å². The molecule has 0 aliphatic carbocycles. The van der Waals surface area contributed by atoms with Crippen molar-refractivity contribution < 1.29 is 10.2 Å². The topological polar surface area (TPSA) is 52.5 Å². The van der Waals surface area contributed by atoms with E-state index in [1.54, 1.807) is 0 Å². The lowest BCUT2D eigenvalue weighted by Crippen LogP contribution is -2.26. The van der Waals surface area contributed by atoms with Crippen LogP contribution in [-0.4, -0.2) is 29.6 Å². The zero-order valence-electron chi connectivity index (χ0n) is 16.9. The van der Waals surface area contributed by atoms with Crippen molar-refractivity contribution in [3.05, 3.63) is 12.2 Å². The Morgan fingerprint density at radius 3 is 1.56 bits per heavy atom. The van der Waals surface area contributed by atoms with Crippen molar-refractivity contribution in [2.24, 2.45) is 0 Å². The predicted molar refractivity (Wildman–Crippen MR) is 110 cm³/mol. The van der Waals surface area contributed by atoms with Gasteiger partial charge in [-0.1, -0.05) is 89.7 Å². The molecule has 0 aliphatic rings. The number of rotatable bonds is 20. The van der Waals surface area contributed by atoms with Gasteiger partial charge in [0.25, 0.3) is 0 Å². The Morgan fingerprint density at radius 1 is 0.640 bits per heavy atom. The summed E-state index contributed by atoms with van der Waals surface area (Å²) in [7, 11) is 0. The minimum Gasteiger partial charge on any atom is -0.367 e. The molecule has 0 saturated carbocycles. The van der Waals surface area contributed by atoms with E-state index in [0.29, 0.717) is 0 Å². The molecule has 3 nitrogen and oxygen atoms in total. The summed E-state index contributed by atoms with van der Waals surface area (Å²) in [5.41, 5.74) is 0. The van der Waals surface area contributed by atoms with Gasteiger partial charge in [-0.15, -0.1) is 0 Å². The minimum absolute atomic E-state index is 0.285. The fraction of sp³-hybridized carbons (Fsp3) is 0.909. The number of nitrogens with one attached hydrogen (secondary N) is 1. The first-order valence-corrected chi connectivity index (χ1v) is 11.0. The van der Waals surface area contributed by atoms with Crippen LogP contribution in [0.25, 0.3) is 0 Å². The van der Waals surface area contributed by atoms with E-state index < -0.39 is 6.29 Å². The van der Waals surface area contributed by atoms with Gasteiger partial charge in [-0.05, 0) is 38.6 Å². The summed E-state index contributed by atoms with van der Waals surface area (Å²) in [6.07, 6.45) is 25.0. The van der Waals surface area contributed by atoms with Crippen LogP contribution < -0.4 is 5.32 Å². The van der Waals surface area contributed by atoms with E-state index in [1.165, 1.54) is 96.3 Å². The fourth-order valence-corrected chi connectivity index (χ4v) is 3.08. The molecule has 0 fully saturated rings. The van der Waals surface area contributed by atoms with Crippen LogP contribution >= 0.6 is 0 Å². The van der Waals surface area contributed by atoms with Crippen molar-refractivity contribution in [1.29, 1.82) is 0 Å². The van der Waals surface area contributed by atoms with Crippen molar-refractivity contribution in [2.75, 3.05) is 13.1 Å². The molecule has 25 heavy (non-hydrogen) atoms. The second-order valence-corrected chi connectivity index (χ2v) is 7.33. The third-order valence-corrected chi connectivity index (χ3v) is 4.69. The molecule has 0 amide bonds. The maximum absolute atomic E-state index is 8.69. The Morgan fingerprint density at radius 2 is 1.08 bits per heavy atom. The Hall–Kier alpha value is -0.380. The first kappa shape index (κ1) is 24.6. The molecule has 0 unspecified atom stereocenters. The first-order chi connectivity index (χ1) is 12.3. The summed E-state index contributed by atoms with van der Waals surface area (Å²) in [6, 6.07) is 0. The van der Waals surface area contributed by atoms with Crippen molar-refractivity contribution in [2.45, 2.75) is 116 Å². The smallest absolute Gasteiger partial charge is 0.164 e. The molecule has 0 aromatic carbocycles. The van der Waals surface area contributed by atoms with Crippen LogP contribution in [0.2, 0.25) is 0 Å². The van der Waals surface area contributed by atoms with Gasteiger partial charge in [0.2, 0.25) is 0 Å². The van der Waals surface area contributed by atoms with Crippen molar-refractivity contribution in [3.8, 4) is 0 Å². The highest BCUT2D eigenvalue weighted by atomic mass is 16.5. The zero-order chi connectivity index (χ0) is 18.4. The zero-order valence-corrected chi connectivity index (χ0v) is 16.9. The molecule has 150 valence electrons. The van der Waals surface area contributed by atoms with Gasteiger partial charge in [-0.3, -0.25) is 0 Å². The van der Waals surface area contributed by atoms with Gasteiger partial charge in [-0.2, -0.15) is 0 Å². The molecule has 0 aliphatic heterocycles. The van der Waals surface area contributed by atoms with Crippen molar-refractivity contribution in [1.82, 2.24) is 5.32 Å². The van der Waals surface area contributed by atoms with Gasteiger partial charge in [0.1, 0.15) is 0 Å². The summed E-state index contributed by atoms with van der Waals surface area (Å²) in [6.45, 7) is 3.45. The van der Waals surface area contributed by atoms with Crippen LogP contribution in [0.5, 0.6) is 0 Å². The molecule has 0 bridgehead atoms. The third-order valence-electron chi connectivity index (χ3n) is 4.69. The number of aliphatic hydroxyl groups excluding tert-OH is 1. The van der Waals surface area contributed by atoms with Gasteiger partial charge >= 0.3 is 0 Å². The molecule has 3 heteroatoms. The number of aliphatic hydroxyl groups is 2. The molecule has 0 aromatic heterocycles. The van der Waals surface area contributed by atoms with Crippen LogP contribution in [-0.2, 0) is 0 Å². The monoisotopic (exact) mass is 355 g/mol. The average molecular weight is 356 g/mol. The quantitative estimate of drug-likeness (QED) is 0.149. The van der Waals surface area contributed by atoms with Crippen LogP contribution in [0.1, 0.15) is 110 Å². The summed E-state index contributed by atoms with van der Waals surface area (Å²) >= 11 is 0. The molecule has 0 aromatic rings. The normalized spacial score (nSPS) is 11.8. The van der Waals surface area contributed by atoms with E-state index >= 15 is 0 Å². The highest BCUT2D eigenvalue weighted by Crippen LogP contribution is 2.11. The second kappa shape index (κ2) is 21.7. The van der Waals surface area contributed by atoms with E-state index in [9.17, 15) is 0 Å². The van der Waals surface area contributed by atoms with Gasteiger partial charge in [0.05, 0.1) is 0 Å². The molecular formula is C22H45NO2. The number of hydrogen-bond donors (Lipinski definition) is 3. The van der Waals surface area contributed by atoms with E-state index in [0.717, 1.165) is 13.0 Å². The molecule has 0 saturated heterocycles. The molecule has 0 atom stereocenters. The van der Waals surface area contributed by atoms with Crippen LogP contribution in [0, 0.1) is 0 Å². The van der Waals surface area contributed by atoms with Crippen LogP contribution in [0.3, 0.4) is 0 Å². The SMILES string of the molecule is CCCCCCCC/C=C\CCCCCCCCCCNCC(O)O. The lowest BCUT2D eigenvalue weighted by atomic mass is 10.1. The van der Waals surface area contributed by atoms with Gasteiger partial charge in [0, 0.05) is 6.54 Å². The molecule has 3 N–H and O–H groups in total. The van der Waals surface area contributed by atoms with E-state index in [4.69, 9.17) is 10.2 Å². The Kier molecular flexibility index (Phi) is 21.3. The fourth-order valence-electron chi connectivity index (χ4n) is 3.08. The van der Waals surface area contributed by atoms with Gasteiger partial charge in [0.15, 0.2) is 6.29 Å². The summed E-state index contributed by atoms with van der Waals surface area (Å²) < 4.78 is 0. The third kappa shape index (κ3) is 23.6. The van der Waals surface area contributed by atoms with E-state index in [1.807, 2.05) is 0 Å². The molecule has 0 heterocycles. The maximum atomic E-state index is 8.69. The Balaban J connectivity index is 3.05. The lowest BCUT2D eigenvalue weighted by Gasteiger charge is -2.06. The summed E-state index contributed by atoms with van der Waals surface area (Å²) in [4.78, 5) is 0. The molecule has 0 spiro atoms. The predicted octanol–water partition coefficient (Wildman–Crippen LogP) is 5.70. The highest BCUT2D eigenvalue weighted by Gasteiger charge is 1.95. The minimum atomic E-state index is -1.22. The highest BCUT2D eigenvalue weighted by molar-refractivity contribution is 4.81. The van der Waals surface area contributed by atoms with Crippen molar-refractivity contribution >= 4 is 0 Å². The number of unbranched alkanes of at least 4 members (excludes halogenated alkanes) is 14. The van der Waals surface area contributed by atoms with Crippen LogP contribution in [0.15, 0.2) is 12.2 Å². The van der Waals surface area contributed by atoms with Gasteiger partial charge < -0.3 is 15.5 Å². The Bertz CT molecular complexity index is 267. The van der Waals surface area contributed by atoms with Gasteiger partial charge in [-0.25, -0.2) is 0 Å². The standard InChI is InChI=1S/C22H45NO2/c1-2-3-4-5-6-7-8-9-10-11-12-13-14-15-16-17-18-19-20-23-21-22(24)25/h9-10,22-25H,2-8,11-21H2,1H3/b10-9-. The molecule has 0 radical (unpaired) electrons. The summed E-state index contributed by atoms with van der Waals surface area (Å²) in [5, 5.41) is 20.4. The lowest BCUT2D eigenvalue weighted by molar-refractivity contribution is -0.0370. The maximum Gasteiger partial charge on any atom is 0.164 e. The van der Waals surface area contributed by atoms with E-state index in [2.05, 4.69) is 24.4 Å².